The van der Waals surface area contributed by atoms with Crippen molar-refractivity contribution in [3.63, 3.8) is 0 Å². The minimum absolute atomic E-state index is 0.226. The summed E-state index contributed by atoms with van der Waals surface area (Å²) < 4.78 is 15.8. The molecule has 0 saturated heterocycles. The zero-order valence-corrected chi connectivity index (χ0v) is 13.4. The predicted octanol–water partition coefficient (Wildman–Crippen LogP) is 4.95. The van der Waals surface area contributed by atoms with Gasteiger partial charge in [-0.2, -0.15) is 0 Å². The van der Waals surface area contributed by atoms with Crippen LogP contribution in [0.5, 0.6) is 0 Å². The van der Waals surface area contributed by atoms with Crippen LogP contribution < -0.4 is 0 Å². The molecule has 3 rings (SSSR count). The number of imidazole rings is 1. The van der Waals surface area contributed by atoms with Gasteiger partial charge in [-0.05, 0) is 36.8 Å². The van der Waals surface area contributed by atoms with Crippen molar-refractivity contribution in [1.82, 2.24) is 9.55 Å². The first kappa shape index (κ1) is 14.8. The molecule has 1 aliphatic carbocycles. The molecule has 3 atom stereocenters. The van der Waals surface area contributed by atoms with Crippen LogP contribution in [0, 0.1) is 17.7 Å². The van der Waals surface area contributed by atoms with Crippen LogP contribution in [-0.2, 0) is 6.42 Å². The lowest BCUT2D eigenvalue weighted by Gasteiger charge is -2.23. The highest BCUT2D eigenvalue weighted by Crippen LogP contribution is 2.43. The van der Waals surface area contributed by atoms with Crippen molar-refractivity contribution in [2.24, 2.45) is 11.8 Å². The van der Waals surface area contributed by atoms with Crippen molar-refractivity contribution in [2.45, 2.75) is 45.6 Å². The number of aromatic nitrogens is 2. The Morgan fingerprint density at radius 3 is 2.86 bits per heavy atom. The van der Waals surface area contributed by atoms with Gasteiger partial charge < -0.3 is 4.57 Å². The van der Waals surface area contributed by atoms with E-state index in [1.807, 2.05) is 6.07 Å². The monoisotopic (exact) mass is 308 g/mol. The van der Waals surface area contributed by atoms with E-state index in [0.717, 1.165) is 29.2 Å². The average molecular weight is 309 g/mol. The van der Waals surface area contributed by atoms with Crippen LogP contribution in [-0.4, -0.2) is 15.4 Å². The first-order valence-electron chi connectivity index (χ1n) is 7.88. The molecule has 2 nitrogen and oxygen atoms in total. The summed E-state index contributed by atoms with van der Waals surface area (Å²) in [7, 11) is 0. The maximum Gasteiger partial charge on any atom is 0.125 e. The quantitative estimate of drug-likeness (QED) is 0.730. The summed E-state index contributed by atoms with van der Waals surface area (Å²) in [6.45, 7) is 4.61. The van der Waals surface area contributed by atoms with E-state index in [0.29, 0.717) is 17.8 Å². The molecule has 1 aromatic carbocycles. The predicted molar refractivity (Wildman–Crippen MR) is 85.3 cm³/mol. The lowest BCUT2D eigenvalue weighted by Crippen LogP contribution is -2.18. The van der Waals surface area contributed by atoms with E-state index in [1.54, 1.807) is 0 Å². The Labute approximate surface area is 130 Å². The van der Waals surface area contributed by atoms with Crippen LogP contribution in [0.2, 0.25) is 0 Å². The summed E-state index contributed by atoms with van der Waals surface area (Å²) >= 11 is 5.94. The Balaban J connectivity index is 2.09. The molecule has 0 bridgehead atoms. The number of benzene rings is 1. The topological polar surface area (TPSA) is 17.8 Å². The van der Waals surface area contributed by atoms with Gasteiger partial charge in [0, 0.05) is 24.4 Å². The van der Waals surface area contributed by atoms with Crippen LogP contribution in [0.4, 0.5) is 4.39 Å². The van der Waals surface area contributed by atoms with Gasteiger partial charge in [-0.15, -0.1) is 11.6 Å². The second-order valence-corrected chi connectivity index (χ2v) is 6.52. The number of hydrogen-bond donors (Lipinski definition) is 0. The lowest BCUT2D eigenvalue weighted by molar-refractivity contribution is 0.329. The van der Waals surface area contributed by atoms with E-state index in [2.05, 4.69) is 23.4 Å². The third kappa shape index (κ3) is 2.57. The van der Waals surface area contributed by atoms with Gasteiger partial charge >= 0.3 is 0 Å². The fourth-order valence-electron chi connectivity index (χ4n) is 3.92. The highest BCUT2D eigenvalue weighted by Gasteiger charge is 2.34. The van der Waals surface area contributed by atoms with Crippen molar-refractivity contribution >= 4 is 22.6 Å². The van der Waals surface area contributed by atoms with Crippen molar-refractivity contribution in [3.8, 4) is 0 Å². The standard InChI is InChI=1S/C17H22ClFN2/c1-3-12-4-6-15(11(12)2)21-16-7-5-13(19)10-14(16)20-17(21)8-9-18/h5,7,10-12,15H,3-4,6,8-9H2,1-2H3. The second-order valence-electron chi connectivity index (χ2n) is 6.14. The molecule has 4 heteroatoms. The van der Waals surface area contributed by atoms with Crippen LogP contribution in [0.3, 0.4) is 0 Å². The molecule has 0 aliphatic heterocycles. The summed E-state index contributed by atoms with van der Waals surface area (Å²) in [5, 5.41) is 0. The third-order valence-electron chi connectivity index (χ3n) is 5.08. The van der Waals surface area contributed by atoms with Crippen LogP contribution in [0.25, 0.3) is 11.0 Å². The molecule has 0 amide bonds. The van der Waals surface area contributed by atoms with Gasteiger partial charge in [-0.25, -0.2) is 9.37 Å². The molecule has 21 heavy (non-hydrogen) atoms. The number of nitrogens with zero attached hydrogens (tertiary/aromatic N) is 2. The van der Waals surface area contributed by atoms with E-state index in [1.165, 1.54) is 31.4 Å². The summed E-state index contributed by atoms with van der Waals surface area (Å²) in [6.07, 6.45) is 4.41. The molecule has 2 aromatic rings. The number of hydrogen-bond acceptors (Lipinski definition) is 1. The third-order valence-corrected chi connectivity index (χ3v) is 5.27. The first-order chi connectivity index (χ1) is 10.2. The highest BCUT2D eigenvalue weighted by molar-refractivity contribution is 6.17. The molecule has 1 heterocycles. The van der Waals surface area contributed by atoms with Crippen molar-refractivity contribution in [3.05, 3.63) is 29.8 Å². The lowest BCUT2D eigenvalue weighted by atomic mass is 9.93. The number of halogens is 2. The largest absolute Gasteiger partial charge is 0.325 e. The minimum atomic E-state index is -0.226. The van der Waals surface area contributed by atoms with Crippen LogP contribution >= 0.6 is 11.6 Å². The number of fused-ring (bicyclic) bond motifs is 1. The molecule has 1 saturated carbocycles. The normalized spacial score (nSPS) is 25.8. The van der Waals surface area contributed by atoms with Gasteiger partial charge in [0.25, 0.3) is 0 Å². The van der Waals surface area contributed by atoms with E-state index in [-0.39, 0.29) is 5.82 Å². The summed E-state index contributed by atoms with van der Waals surface area (Å²) in [6, 6.07) is 5.38. The highest BCUT2D eigenvalue weighted by atomic mass is 35.5. The molecule has 1 aromatic heterocycles. The summed E-state index contributed by atoms with van der Waals surface area (Å²) in [5.41, 5.74) is 1.80. The molecule has 1 fully saturated rings. The van der Waals surface area contributed by atoms with Crippen molar-refractivity contribution in [1.29, 1.82) is 0 Å². The fourth-order valence-corrected chi connectivity index (χ4v) is 4.09. The number of aryl methyl sites for hydroxylation is 1. The van der Waals surface area contributed by atoms with E-state index >= 15 is 0 Å². The Morgan fingerprint density at radius 1 is 1.38 bits per heavy atom. The zero-order valence-electron chi connectivity index (χ0n) is 12.6. The second kappa shape index (κ2) is 5.96. The van der Waals surface area contributed by atoms with Crippen LogP contribution in [0.15, 0.2) is 18.2 Å². The van der Waals surface area contributed by atoms with Gasteiger partial charge in [-0.3, -0.25) is 0 Å². The van der Waals surface area contributed by atoms with Gasteiger partial charge in [0.2, 0.25) is 0 Å². The fraction of sp³-hybridized carbons (Fsp3) is 0.588. The van der Waals surface area contributed by atoms with E-state index < -0.39 is 0 Å². The molecule has 0 radical (unpaired) electrons. The molecular weight excluding hydrogens is 287 g/mol. The van der Waals surface area contributed by atoms with Crippen molar-refractivity contribution in [2.75, 3.05) is 5.88 Å². The molecule has 114 valence electrons. The van der Waals surface area contributed by atoms with Gasteiger partial charge in [-0.1, -0.05) is 20.3 Å². The maximum absolute atomic E-state index is 13.5. The Hall–Kier alpha value is -1.09. The van der Waals surface area contributed by atoms with Gasteiger partial charge in [0.15, 0.2) is 0 Å². The SMILES string of the molecule is CCC1CCC(n2c(CCCl)nc3cc(F)ccc32)C1C. The Bertz CT molecular complexity index is 637. The molecular formula is C17H22ClFN2. The average Bonchev–Trinajstić information content (AvgIpc) is 2.98. The summed E-state index contributed by atoms with van der Waals surface area (Å²) in [5.74, 6) is 2.72. The molecule has 1 aliphatic rings. The maximum atomic E-state index is 13.5. The molecule has 3 unspecified atom stereocenters. The van der Waals surface area contributed by atoms with E-state index in [4.69, 9.17) is 11.6 Å². The minimum Gasteiger partial charge on any atom is -0.325 e. The first-order valence-corrected chi connectivity index (χ1v) is 8.41. The zero-order chi connectivity index (χ0) is 15.0. The van der Waals surface area contributed by atoms with Crippen molar-refractivity contribution < 1.29 is 4.39 Å². The van der Waals surface area contributed by atoms with Gasteiger partial charge in [0.05, 0.1) is 11.0 Å². The number of alkyl halides is 1. The Kier molecular flexibility index (Phi) is 4.21. The number of rotatable bonds is 4. The molecule has 0 spiro atoms. The van der Waals surface area contributed by atoms with Crippen LogP contribution in [0.1, 0.15) is 45.0 Å². The Morgan fingerprint density at radius 2 is 2.19 bits per heavy atom. The summed E-state index contributed by atoms with van der Waals surface area (Å²) in [4.78, 5) is 4.63. The smallest absolute Gasteiger partial charge is 0.125 e. The van der Waals surface area contributed by atoms with E-state index in [9.17, 15) is 4.39 Å². The molecule has 0 N–H and O–H groups in total. The van der Waals surface area contributed by atoms with Gasteiger partial charge in [0.1, 0.15) is 11.6 Å².